The average molecular weight is 335 g/mol. The number of para-hydroxylation sites is 3. The number of ether oxygens (including phenoxy) is 1. The summed E-state index contributed by atoms with van der Waals surface area (Å²) in [5.41, 5.74) is 3.55. The summed E-state index contributed by atoms with van der Waals surface area (Å²) in [4.78, 5) is 0. The molecule has 0 N–H and O–H groups in total. The highest BCUT2D eigenvalue weighted by molar-refractivity contribution is 6.09. The Balaban J connectivity index is 1.61. The summed E-state index contributed by atoms with van der Waals surface area (Å²) in [6.45, 7) is 0. The largest absolute Gasteiger partial charge is 0.457 e. The van der Waals surface area contributed by atoms with Crippen LogP contribution < -0.4 is 4.74 Å². The van der Waals surface area contributed by atoms with Crippen LogP contribution in [0, 0.1) is 0 Å². The van der Waals surface area contributed by atoms with E-state index in [1.807, 2.05) is 42.5 Å². The van der Waals surface area contributed by atoms with Crippen molar-refractivity contribution in [2.75, 3.05) is 0 Å². The van der Waals surface area contributed by atoms with E-state index >= 15 is 0 Å². The molecule has 124 valence electrons. The van der Waals surface area contributed by atoms with E-state index in [9.17, 15) is 0 Å². The Hall–Kier alpha value is -3.52. The van der Waals surface area contributed by atoms with Crippen LogP contribution in [0.4, 0.5) is 0 Å². The Morgan fingerprint density at radius 1 is 0.462 bits per heavy atom. The summed E-state index contributed by atoms with van der Waals surface area (Å²) in [6, 6.07) is 35.2. The molecule has 0 atom stereocenters. The van der Waals surface area contributed by atoms with Crippen molar-refractivity contribution in [1.29, 1.82) is 0 Å². The second kappa shape index (κ2) is 6.08. The van der Waals surface area contributed by atoms with E-state index in [1.165, 1.54) is 21.8 Å². The third-order valence-corrected chi connectivity index (χ3v) is 4.65. The highest BCUT2D eigenvalue weighted by Gasteiger charge is 2.11. The Bertz CT molecular complexity index is 1130. The second-order valence-electron chi connectivity index (χ2n) is 6.28. The van der Waals surface area contributed by atoms with Crippen LogP contribution in [0.5, 0.6) is 11.5 Å². The topological polar surface area (TPSA) is 14.2 Å². The Morgan fingerprint density at radius 3 is 1.58 bits per heavy atom. The molecule has 0 bridgehead atoms. The van der Waals surface area contributed by atoms with E-state index in [4.69, 9.17) is 4.74 Å². The minimum absolute atomic E-state index is 0.834. The van der Waals surface area contributed by atoms with E-state index < -0.39 is 0 Å². The monoisotopic (exact) mass is 335 g/mol. The predicted octanol–water partition coefficient (Wildman–Crippen LogP) is 6.58. The van der Waals surface area contributed by atoms with Crippen LogP contribution in [-0.2, 0) is 0 Å². The third-order valence-electron chi connectivity index (χ3n) is 4.65. The second-order valence-corrected chi connectivity index (χ2v) is 6.28. The fourth-order valence-corrected chi connectivity index (χ4v) is 3.49. The smallest absolute Gasteiger partial charge is 0.127 e. The van der Waals surface area contributed by atoms with Crippen LogP contribution in [0.1, 0.15) is 0 Å². The Labute approximate surface area is 151 Å². The van der Waals surface area contributed by atoms with Crippen LogP contribution >= 0.6 is 0 Å². The number of hydrogen-bond donors (Lipinski definition) is 0. The summed E-state index contributed by atoms with van der Waals surface area (Å²) in [5.74, 6) is 1.68. The first-order valence-electron chi connectivity index (χ1n) is 8.72. The fourth-order valence-electron chi connectivity index (χ4n) is 3.49. The number of benzene rings is 4. The number of fused-ring (bicyclic) bond motifs is 3. The maximum atomic E-state index is 5.92. The predicted molar refractivity (Wildman–Crippen MR) is 107 cm³/mol. The molecule has 0 saturated carbocycles. The lowest BCUT2D eigenvalue weighted by atomic mass is 10.2. The molecule has 0 spiro atoms. The zero-order valence-electron chi connectivity index (χ0n) is 14.2. The quantitative estimate of drug-likeness (QED) is 0.363. The first-order valence-corrected chi connectivity index (χ1v) is 8.72. The van der Waals surface area contributed by atoms with Crippen molar-refractivity contribution < 1.29 is 4.74 Å². The molecule has 2 nitrogen and oxygen atoms in total. The minimum atomic E-state index is 0.834. The van der Waals surface area contributed by atoms with Crippen molar-refractivity contribution >= 4 is 21.8 Å². The van der Waals surface area contributed by atoms with Gasteiger partial charge in [-0.25, -0.2) is 0 Å². The average Bonchev–Trinajstić information content (AvgIpc) is 3.04. The molecule has 0 aliphatic rings. The standard InChI is InChI=1S/C24H17NO/c1-2-8-19(9-3-1)26-20-16-14-18(15-17-20)25-23-12-6-4-10-21(23)22-11-5-7-13-24(22)25/h1-17H. The summed E-state index contributed by atoms with van der Waals surface area (Å²) in [5, 5.41) is 2.54. The van der Waals surface area contributed by atoms with Gasteiger partial charge in [-0.15, -0.1) is 0 Å². The number of rotatable bonds is 3. The molecule has 5 aromatic rings. The van der Waals surface area contributed by atoms with E-state index in [0.29, 0.717) is 0 Å². The van der Waals surface area contributed by atoms with Crippen molar-refractivity contribution in [3.8, 4) is 17.2 Å². The molecule has 0 unspecified atom stereocenters. The van der Waals surface area contributed by atoms with Crippen molar-refractivity contribution in [2.24, 2.45) is 0 Å². The Morgan fingerprint density at radius 2 is 0.962 bits per heavy atom. The van der Waals surface area contributed by atoms with E-state index in [-0.39, 0.29) is 0 Å². The van der Waals surface area contributed by atoms with Gasteiger partial charge >= 0.3 is 0 Å². The summed E-state index contributed by atoms with van der Waals surface area (Å²) >= 11 is 0. The van der Waals surface area contributed by atoms with E-state index in [1.54, 1.807) is 0 Å². The molecule has 1 aromatic heterocycles. The van der Waals surface area contributed by atoms with Crippen LogP contribution in [0.15, 0.2) is 103 Å². The fraction of sp³-hybridized carbons (Fsp3) is 0. The molecule has 26 heavy (non-hydrogen) atoms. The summed E-state index contributed by atoms with van der Waals surface area (Å²) in [7, 11) is 0. The molecule has 5 rings (SSSR count). The third kappa shape index (κ3) is 2.44. The minimum Gasteiger partial charge on any atom is -0.457 e. The lowest BCUT2D eigenvalue weighted by Crippen LogP contribution is -1.93. The van der Waals surface area contributed by atoms with Gasteiger partial charge in [-0.2, -0.15) is 0 Å². The van der Waals surface area contributed by atoms with Crippen molar-refractivity contribution in [3.63, 3.8) is 0 Å². The first kappa shape index (κ1) is 14.8. The van der Waals surface area contributed by atoms with Gasteiger partial charge in [0.25, 0.3) is 0 Å². The lowest BCUT2D eigenvalue weighted by Gasteiger charge is -2.10. The molecule has 0 amide bonds. The van der Waals surface area contributed by atoms with Gasteiger partial charge in [0.15, 0.2) is 0 Å². The van der Waals surface area contributed by atoms with E-state index in [2.05, 4.69) is 65.2 Å². The number of aromatic nitrogens is 1. The van der Waals surface area contributed by atoms with Gasteiger partial charge in [-0.1, -0.05) is 54.6 Å². The van der Waals surface area contributed by atoms with Gasteiger partial charge in [0.2, 0.25) is 0 Å². The zero-order valence-corrected chi connectivity index (χ0v) is 14.2. The van der Waals surface area contributed by atoms with Gasteiger partial charge in [0.05, 0.1) is 11.0 Å². The molecule has 1 heterocycles. The molecule has 2 heteroatoms. The maximum Gasteiger partial charge on any atom is 0.127 e. The molecule has 0 radical (unpaired) electrons. The SMILES string of the molecule is c1ccc(Oc2ccc(-n3c4ccccc4c4ccccc43)cc2)cc1. The molecule has 0 saturated heterocycles. The van der Waals surface area contributed by atoms with Crippen LogP contribution in [0.3, 0.4) is 0 Å². The van der Waals surface area contributed by atoms with Crippen LogP contribution in [0.25, 0.3) is 27.5 Å². The van der Waals surface area contributed by atoms with Crippen LogP contribution in [-0.4, -0.2) is 4.57 Å². The van der Waals surface area contributed by atoms with Crippen LogP contribution in [0.2, 0.25) is 0 Å². The Kier molecular flexibility index (Phi) is 3.46. The summed E-state index contributed by atoms with van der Waals surface area (Å²) < 4.78 is 8.22. The molecule has 0 aliphatic heterocycles. The molecular weight excluding hydrogens is 318 g/mol. The molecule has 0 aliphatic carbocycles. The number of hydrogen-bond acceptors (Lipinski definition) is 1. The first-order chi connectivity index (χ1) is 12.9. The van der Waals surface area contributed by atoms with Gasteiger partial charge in [-0.3, -0.25) is 0 Å². The van der Waals surface area contributed by atoms with Crippen molar-refractivity contribution in [3.05, 3.63) is 103 Å². The summed E-state index contributed by atoms with van der Waals surface area (Å²) in [6.07, 6.45) is 0. The molecular formula is C24H17NO. The normalized spacial score (nSPS) is 11.1. The highest BCUT2D eigenvalue weighted by atomic mass is 16.5. The van der Waals surface area contributed by atoms with E-state index in [0.717, 1.165) is 17.2 Å². The van der Waals surface area contributed by atoms with Crippen molar-refractivity contribution in [2.45, 2.75) is 0 Å². The van der Waals surface area contributed by atoms with Gasteiger partial charge in [-0.05, 0) is 48.5 Å². The highest BCUT2D eigenvalue weighted by Crippen LogP contribution is 2.32. The van der Waals surface area contributed by atoms with Gasteiger partial charge < -0.3 is 9.30 Å². The van der Waals surface area contributed by atoms with Gasteiger partial charge in [0, 0.05) is 16.5 Å². The lowest BCUT2D eigenvalue weighted by molar-refractivity contribution is 0.482. The molecule has 4 aromatic carbocycles. The van der Waals surface area contributed by atoms with Crippen molar-refractivity contribution in [1.82, 2.24) is 4.57 Å². The maximum absolute atomic E-state index is 5.92. The number of nitrogens with zero attached hydrogens (tertiary/aromatic N) is 1. The zero-order chi connectivity index (χ0) is 17.3. The molecule has 0 fully saturated rings. The van der Waals surface area contributed by atoms with Gasteiger partial charge in [0.1, 0.15) is 11.5 Å².